The second-order valence-corrected chi connectivity index (χ2v) is 6.94. The van der Waals surface area contributed by atoms with E-state index in [1.807, 2.05) is 0 Å². The maximum atomic E-state index is 2.68. The lowest BCUT2D eigenvalue weighted by molar-refractivity contribution is 0.250. The normalized spacial score (nSPS) is 25.7. The van der Waals surface area contributed by atoms with Crippen LogP contribution in [0.5, 0.6) is 0 Å². The van der Waals surface area contributed by atoms with Gasteiger partial charge in [0.05, 0.1) is 0 Å². The second-order valence-electron chi connectivity index (χ2n) is 6.94. The van der Waals surface area contributed by atoms with E-state index in [2.05, 4.69) is 52.3 Å². The van der Waals surface area contributed by atoms with Gasteiger partial charge < -0.3 is 9.80 Å². The monoisotopic (exact) mass is 290 g/mol. The van der Waals surface area contributed by atoms with E-state index in [4.69, 9.17) is 0 Å². The maximum Gasteiger partial charge on any atom is 0.0372 e. The zero-order valence-electron chi connectivity index (χ0n) is 13.0. The van der Waals surface area contributed by atoms with Crippen molar-refractivity contribution in [1.29, 1.82) is 0 Å². The van der Waals surface area contributed by atoms with Crippen molar-refractivity contribution in [3.63, 3.8) is 0 Å². The average molecular weight is 290 g/mol. The first-order valence-electron chi connectivity index (χ1n) is 8.59. The molecule has 22 heavy (non-hydrogen) atoms. The summed E-state index contributed by atoms with van der Waals surface area (Å²) in [6.45, 7) is 5.00. The molecule has 0 N–H and O–H groups in total. The Morgan fingerprint density at radius 2 is 1.59 bits per heavy atom. The molecule has 3 saturated heterocycles. The molecule has 2 aromatic carbocycles. The first-order valence-corrected chi connectivity index (χ1v) is 8.59. The molecular weight excluding hydrogens is 268 g/mol. The minimum atomic E-state index is 0.751. The van der Waals surface area contributed by atoms with Crippen LogP contribution in [-0.2, 0) is 6.42 Å². The van der Waals surface area contributed by atoms with Crippen LogP contribution in [0.4, 0.5) is 5.69 Å². The molecule has 1 aliphatic carbocycles. The molecule has 0 aromatic heterocycles. The molecular formula is C20H22N2. The summed E-state index contributed by atoms with van der Waals surface area (Å²) in [7, 11) is 0. The van der Waals surface area contributed by atoms with Crippen LogP contribution in [0.25, 0.3) is 11.1 Å². The largest absolute Gasteiger partial charge is 0.367 e. The van der Waals surface area contributed by atoms with Crippen LogP contribution in [-0.4, -0.2) is 37.1 Å². The Labute approximate surface area is 132 Å². The fourth-order valence-corrected chi connectivity index (χ4v) is 4.54. The Hall–Kier alpha value is -1.80. The predicted octanol–water partition coefficient (Wildman–Crippen LogP) is 3.54. The third-order valence-electron chi connectivity index (χ3n) is 5.76. The molecule has 6 rings (SSSR count). The van der Waals surface area contributed by atoms with Crippen molar-refractivity contribution in [3.05, 3.63) is 53.6 Å². The van der Waals surface area contributed by atoms with Crippen LogP contribution in [0.1, 0.15) is 24.0 Å². The van der Waals surface area contributed by atoms with E-state index in [0.29, 0.717) is 0 Å². The van der Waals surface area contributed by atoms with Crippen molar-refractivity contribution < 1.29 is 0 Å². The van der Waals surface area contributed by atoms with Crippen molar-refractivity contribution in [1.82, 2.24) is 4.90 Å². The van der Waals surface area contributed by atoms with Crippen LogP contribution < -0.4 is 4.90 Å². The van der Waals surface area contributed by atoms with Gasteiger partial charge in [0.15, 0.2) is 0 Å². The minimum absolute atomic E-state index is 0.751. The van der Waals surface area contributed by atoms with Gasteiger partial charge in [-0.2, -0.15) is 0 Å². The van der Waals surface area contributed by atoms with Crippen LogP contribution in [0.15, 0.2) is 42.5 Å². The number of hydrogen-bond donors (Lipinski definition) is 0. The summed E-state index contributed by atoms with van der Waals surface area (Å²) in [5, 5.41) is 0. The summed E-state index contributed by atoms with van der Waals surface area (Å²) in [6, 6.07) is 16.8. The highest BCUT2D eigenvalue weighted by Crippen LogP contribution is 2.39. The Kier molecular flexibility index (Phi) is 2.80. The smallest absolute Gasteiger partial charge is 0.0372 e. The summed E-state index contributed by atoms with van der Waals surface area (Å²) >= 11 is 0. The van der Waals surface area contributed by atoms with Crippen molar-refractivity contribution in [2.45, 2.75) is 25.3 Å². The number of anilines is 1. The molecule has 2 nitrogen and oxygen atoms in total. The SMILES string of the molecule is c1ccc2c(c1)Cc1cc(N3CCN4CCC3CC4)ccc1-2. The van der Waals surface area contributed by atoms with E-state index >= 15 is 0 Å². The van der Waals surface area contributed by atoms with E-state index in [-0.39, 0.29) is 0 Å². The predicted molar refractivity (Wildman–Crippen MR) is 91.5 cm³/mol. The van der Waals surface area contributed by atoms with E-state index in [0.717, 1.165) is 12.5 Å². The van der Waals surface area contributed by atoms with Gasteiger partial charge in [-0.1, -0.05) is 30.3 Å². The lowest BCUT2D eigenvalue weighted by Gasteiger charge is -2.33. The molecule has 2 aromatic rings. The number of rotatable bonds is 1. The van der Waals surface area contributed by atoms with Gasteiger partial charge >= 0.3 is 0 Å². The van der Waals surface area contributed by atoms with Crippen LogP contribution in [0.3, 0.4) is 0 Å². The number of fused-ring (bicyclic) bond motifs is 7. The molecule has 2 heteroatoms. The quantitative estimate of drug-likeness (QED) is 0.676. The average Bonchev–Trinajstić information content (AvgIpc) is 2.70. The molecule has 3 heterocycles. The topological polar surface area (TPSA) is 6.48 Å². The van der Waals surface area contributed by atoms with E-state index in [1.165, 1.54) is 67.0 Å². The van der Waals surface area contributed by atoms with Gasteiger partial charge in [0.1, 0.15) is 0 Å². The molecule has 0 spiro atoms. The van der Waals surface area contributed by atoms with E-state index < -0.39 is 0 Å². The molecule has 0 atom stereocenters. The number of piperidine rings is 1. The highest BCUT2D eigenvalue weighted by molar-refractivity contribution is 5.78. The van der Waals surface area contributed by atoms with Crippen molar-refractivity contribution >= 4 is 5.69 Å². The molecule has 2 bridgehead atoms. The summed E-state index contributed by atoms with van der Waals surface area (Å²) in [4.78, 5) is 5.30. The zero-order chi connectivity index (χ0) is 14.5. The maximum absolute atomic E-state index is 2.68. The molecule has 0 radical (unpaired) electrons. The standard InChI is InChI=1S/C20H22N2/c1-2-4-19-15(3-1)13-16-14-18(5-6-20(16)19)22-12-11-21-9-7-17(22)8-10-21/h1-6,14,17H,7-13H2. The van der Waals surface area contributed by atoms with Crippen molar-refractivity contribution in [2.75, 3.05) is 31.1 Å². The number of hydrogen-bond acceptors (Lipinski definition) is 2. The van der Waals surface area contributed by atoms with Gasteiger partial charge in [0.2, 0.25) is 0 Å². The van der Waals surface area contributed by atoms with Crippen LogP contribution in [0, 0.1) is 0 Å². The number of nitrogens with zero attached hydrogens (tertiary/aromatic N) is 2. The third kappa shape index (κ3) is 1.90. The Balaban J connectivity index is 1.51. The highest BCUT2D eigenvalue weighted by Gasteiger charge is 2.29. The second kappa shape index (κ2) is 4.85. The van der Waals surface area contributed by atoms with Gasteiger partial charge in [0, 0.05) is 37.9 Å². The third-order valence-corrected chi connectivity index (χ3v) is 5.76. The first kappa shape index (κ1) is 12.7. The summed E-state index contributed by atoms with van der Waals surface area (Å²) in [5.74, 6) is 0. The Bertz CT molecular complexity index is 713. The summed E-state index contributed by atoms with van der Waals surface area (Å²) in [5.41, 5.74) is 7.32. The number of benzene rings is 2. The molecule has 3 fully saturated rings. The Morgan fingerprint density at radius 1 is 0.773 bits per heavy atom. The Morgan fingerprint density at radius 3 is 2.50 bits per heavy atom. The summed E-state index contributed by atoms with van der Waals surface area (Å²) < 4.78 is 0. The minimum Gasteiger partial charge on any atom is -0.367 e. The molecule has 0 amide bonds. The molecule has 0 saturated carbocycles. The molecule has 3 aliphatic heterocycles. The van der Waals surface area contributed by atoms with Gasteiger partial charge in [-0.3, -0.25) is 0 Å². The van der Waals surface area contributed by atoms with E-state index in [9.17, 15) is 0 Å². The zero-order valence-corrected chi connectivity index (χ0v) is 13.0. The summed E-state index contributed by atoms with van der Waals surface area (Å²) in [6.07, 6.45) is 3.76. The van der Waals surface area contributed by atoms with Crippen molar-refractivity contribution in [3.8, 4) is 11.1 Å². The van der Waals surface area contributed by atoms with Gasteiger partial charge in [-0.05, 0) is 53.6 Å². The fraction of sp³-hybridized carbons (Fsp3) is 0.400. The van der Waals surface area contributed by atoms with Gasteiger partial charge in [-0.15, -0.1) is 0 Å². The molecule has 0 unspecified atom stereocenters. The lowest BCUT2D eigenvalue weighted by Crippen LogP contribution is -2.37. The fourth-order valence-electron chi connectivity index (χ4n) is 4.54. The van der Waals surface area contributed by atoms with Crippen LogP contribution in [0.2, 0.25) is 0 Å². The molecule has 4 aliphatic rings. The molecule has 112 valence electrons. The van der Waals surface area contributed by atoms with Gasteiger partial charge in [-0.25, -0.2) is 0 Å². The lowest BCUT2D eigenvalue weighted by atomic mass is 10.0. The van der Waals surface area contributed by atoms with Crippen molar-refractivity contribution in [2.24, 2.45) is 0 Å². The first-order chi connectivity index (χ1) is 10.9. The van der Waals surface area contributed by atoms with E-state index in [1.54, 1.807) is 0 Å². The van der Waals surface area contributed by atoms with Crippen LogP contribution >= 0.6 is 0 Å². The highest BCUT2D eigenvalue weighted by atomic mass is 15.3. The van der Waals surface area contributed by atoms with Gasteiger partial charge in [0.25, 0.3) is 0 Å².